The van der Waals surface area contributed by atoms with Gasteiger partial charge in [0.2, 0.25) is 0 Å². The number of aryl methyl sites for hydroxylation is 1. The van der Waals surface area contributed by atoms with Crippen LogP contribution >= 0.6 is 24.0 Å². The maximum atomic E-state index is 5.42. The van der Waals surface area contributed by atoms with Gasteiger partial charge in [-0.15, -0.1) is 24.0 Å². The van der Waals surface area contributed by atoms with Crippen LogP contribution in [-0.2, 0) is 6.42 Å². The molecule has 6 heteroatoms. The van der Waals surface area contributed by atoms with Crippen molar-refractivity contribution in [3.8, 4) is 5.75 Å². The molecule has 138 valence electrons. The summed E-state index contributed by atoms with van der Waals surface area (Å²) in [5, 5.41) is 6.72. The lowest BCUT2D eigenvalue weighted by molar-refractivity contribution is 0.308. The van der Waals surface area contributed by atoms with Gasteiger partial charge in [-0.3, -0.25) is 4.99 Å². The topological polar surface area (TPSA) is 48.9 Å². The van der Waals surface area contributed by atoms with E-state index in [1.54, 1.807) is 14.2 Å². The molecule has 0 aliphatic carbocycles. The third kappa shape index (κ3) is 8.19. The van der Waals surface area contributed by atoms with Gasteiger partial charge in [0, 0.05) is 26.7 Å². The predicted molar refractivity (Wildman–Crippen MR) is 114 cm³/mol. The molecule has 1 rings (SSSR count). The molecule has 0 bridgehead atoms. The van der Waals surface area contributed by atoms with Gasteiger partial charge in [0.05, 0.1) is 7.11 Å². The molecule has 2 N–H and O–H groups in total. The lowest BCUT2D eigenvalue weighted by Gasteiger charge is -2.19. The minimum Gasteiger partial charge on any atom is -0.496 e. The Morgan fingerprint density at radius 1 is 1.17 bits per heavy atom. The van der Waals surface area contributed by atoms with Crippen molar-refractivity contribution >= 4 is 29.9 Å². The molecule has 0 spiro atoms. The fourth-order valence-electron chi connectivity index (χ4n) is 2.51. The molecular weight excluding hydrogens is 415 g/mol. The highest BCUT2D eigenvalue weighted by Gasteiger charge is 2.04. The van der Waals surface area contributed by atoms with E-state index in [1.807, 2.05) is 6.07 Å². The molecule has 0 aliphatic heterocycles. The van der Waals surface area contributed by atoms with Crippen molar-refractivity contribution in [2.45, 2.75) is 27.2 Å². The molecule has 0 fully saturated rings. The molecule has 5 nitrogen and oxygen atoms in total. The van der Waals surface area contributed by atoms with Gasteiger partial charge in [0.1, 0.15) is 5.75 Å². The van der Waals surface area contributed by atoms with E-state index in [4.69, 9.17) is 4.74 Å². The van der Waals surface area contributed by atoms with E-state index in [2.05, 4.69) is 53.4 Å². The summed E-state index contributed by atoms with van der Waals surface area (Å²) in [6, 6.07) is 6.28. The quantitative estimate of drug-likeness (QED) is 0.347. The highest BCUT2D eigenvalue weighted by molar-refractivity contribution is 14.0. The second-order valence-electron chi connectivity index (χ2n) is 5.52. The Kier molecular flexibility index (Phi) is 12.7. The normalized spacial score (nSPS) is 11.2. The van der Waals surface area contributed by atoms with Gasteiger partial charge >= 0.3 is 0 Å². The van der Waals surface area contributed by atoms with Gasteiger partial charge in [-0.2, -0.15) is 0 Å². The van der Waals surface area contributed by atoms with Gasteiger partial charge in [0.25, 0.3) is 0 Å². The van der Waals surface area contributed by atoms with E-state index in [0.717, 1.165) is 50.9 Å². The molecule has 1 aromatic carbocycles. The Balaban J connectivity index is 0.00000529. The number of aliphatic imine (C=N–C) groups is 1. The van der Waals surface area contributed by atoms with Crippen LogP contribution in [-0.4, -0.2) is 57.7 Å². The van der Waals surface area contributed by atoms with Crippen LogP contribution in [0.2, 0.25) is 0 Å². The average molecular weight is 448 g/mol. The van der Waals surface area contributed by atoms with Crippen molar-refractivity contribution in [1.29, 1.82) is 0 Å². The zero-order chi connectivity index (χ0) is 17.1. The number of nitrogens with one attached hydrogen (secondary N) is 2. The second kappa shape index (κ2) is 13.3. The minimum atomic E-state index is 0. The van der Waals surface area contributed by atoms with E-state index in [1.165, 1.54) is 11.1 Å². The Labute approximate surface area is 164 Å². The molecule has 1 aromatic rings. The summed E-state index contributed by atoms with van der Waals surface area (Å²) in [5.41, 5.74) is 2.47. The maximum Gasteiger partial charge on any atom is 0.191 e. The molecule has 0 heterocycles. The molecule has 0 radical (unpaired) electrons. The van der Waals surface area contributed by atoms with Crippen LogP contribution < -0.4 is 15.4 Å². The number of rotatable bonds is 9. The first-order valence-corrected chi connectivity index (χ1v) is 8.44. The number of benzene rings is 1. The van der Waals surface area contributed by atoms with Crippen LogP contribution in [0, 0.1) is 6.92 Å². The second-order valence-corrected chi connectivity index (χ2v) is 5.52. The number of ether oxygens (including phenoxy) is 1. The summed E-state index contributed by atoms with van der Waals surface area (Å²) >= 11 is 0. The number of guanidine groups is 1. The largest absolute Gasteiger partial charge is 0.496 e. The SMILES string of the molecule is CCN(CC)CCNC(=NC)NCCc1cc(C)ccc1OC.I. The number of hydrogen-bond acceptors (Lipinski definition) is 3. The lowest BCUT2D eigenvalue weighted by atomic mass is 10.1. The zero-order valence-electron chi connectivity index (χ0n) is 15.7. The summed E-state index contributed by atoms with van der Waals surface area (Å²) in [6.45, 7) is 11.4. The molecule has 0 saturated carbocycles. The smallest absolute Gasteiger partial charge is 0.191 e. The first-order chi connectivity index (χ1) is 11.1. The van der Waals surface area contributed by atoms with E-state index in [-0.39, 0.29) is 24.0 Å². The zero-order valence-corrected chi connectivity index (χ0v) is 18.0. The molecule has 0 aliphatic rings. The average Bonchev–Trinajstić information content (AvgIpc) is 2.57. The summed E-state index contributed by atoms with van der Waals surface area (Å²) in [6.07, 6.45) is 0.904. The number of methoxy groups -OCH3 is 1. The van der Waals surface area contributed by atoms with E-state index < -0.39 is 0 Å². The number of hydrogen-bond donors (Lipinski definition) is 2. The van der Waals surface area contributed by atoms with Crippen molar-refractivity contribution in [3.63, 3.8) is 0 Å². The van der Waals surface area contributed by atoms with Crippen LogP contribution in [0.5, 0.6) is 5.75 Å². The summed E-state index contributed by atoms with van der Waals surface area (Å²) < 4.78 is 5.42. The van der Waals surface area contributed by atoms with Crippen molar-refractivity contribution in [3.05, 3.63) is 29.3 Å². The Bertz CT molecular complexity index is 490. The molecule has 24 heavy (non-hydrogen) atoms. The Hall–Kier alpha value is -1.02. The maximum absolute atomic E-state index is 5.42. The third-order valence-corrected chi connectivity index (χ3v) is 3.96. The molecule has 0 saturated heterocycles. The minimum absolute atomic E-state index is 0. The fourth-order valence-corrected chi connectivity index (χ4v) is 2.51. The van der Waals surface area contributed by atoms with Crippen LogP contribution in [0.25, 0.3) is 0 Å². The first-order valence-electron chi connectivity index (χ1n) is 8.44. The number of nitrogens with zero attached hydrogens (tertiary/aromatic N) is 2. The molecule has 0 atom stereocenters. The van der Waals surface area contributed by atoms with Gasteiger partial charge in [-0.1, -0.05) is 31.5 Å². The number of likely N-dealkylation sites (N-methyl/N-ethyl adjacent to an activating group) is 1. The van der Waals surface area contributed by atoms with Crippen molar-refractivity contribution in [1.82, 2.24) is 15.5 Å². The monoisotopic (exact) mass is 448 g/mol. The lowest BCUT2D eigenvalue weighted by Crippen LogP contribution is -2.42. The third-order valence-electron chi connectivity index (χ3n) is 3.96. The number of halogens is 1. The summed E-state index contributed by atoms with van der Waals surface area (Å²) in [4.78, 5) is 6.66. The molecular formula is C18H33IN4O. The van der Waals surface area contributed by atoms with Gasteiger partial charge in [0.15, 0.2) is 5.96 Å². The molecule has 0 unspecified atom stereocenters. The van der Waals surface area contributed by atoms with Crippen LogP contribution in [0.1, 0.15) is 25.0 Å². The van der Waals surface area contributed by atoms with E-state index >= 15 is 0 Å². The van der Waals surface area contributed by atoms with Crippen molar-refractivity contribution < 1.29 is 4.74 Å². The van der Waals surface area contributed by atoms with E-state index in [0.29, 0.717) is 0 Å². The van der Waals surface area contributed by atoms with Gasteiger partial charge in [-0.05, 0) is 38.1 Å². The highest BCUT2D eigenvalue weighted by Crippen LogP contribution is 2.19. The van der Waals surface area contributed by atoms with Gasteiger partial charge in [-0.25, -0.2) is 0 Å². The molecule has 0 amide bonds. The summed E-state index contributed by atoms with van der Waals surface area (Å²) in [7, 11) is 3.52. The van der Waals surface area contributed by atoms with Gasteiger partial charge < -0.3 is 20.3 Å². The van der Waals surface area contributed by atoms with E-state index in [9.17, 15) is 0 Å². The van der Waals surface area contributed by atoms with Crippen LogP contribution in [0.4, 0.5) is 0 Å². The van der Waals surface area contributed by atoms with Crippen molar-refractivity contribution in [2.75, 3.05) is 46.9 Å². The standard InChI is InChI=1S/C18H32N4O.HI/c1-6-22(7-2)13-12-21-18(19-4)20-11-10-16-14-15(3)8-9-17(16)23-5;/h8-9,14H,6-7,10-13H2,1-5H3,(H2,19,20,21);1H. The molecule has 0 aromatic heterocycles. The first kappa shape index (κ1) is 23.0. The van der Waals surface area contributed by atoms with Crippen LogP contribution in [0.3, 0.4) is 0 Å². The highest BCUT2D eigenvalue weighted by atomic mass is 127. The fraction of sp³-hybridized carbons (Fsp3) is 0.611. The van der Waals surface area contributed by atoms with Crippen molar-refractivity contribution in [2.24, 2.45) is 4.99 Å². The summed E-state index contributed by atoms with van der Waals surface area (Å²) in [5.74, 6) is 1.80. The Morgan fingerprint density at radius 3 is 2.42 bits per heavy atom. The van der Waals surface area contributed by atoms with Crippen LogP contribution in [0.15, 0.2) is 23.2 Å². The predicted octanol–water partition coefficient (Wildman–Crippen LogP) is 2.67. The Morgan fingerprint density at radius 2 is 1.83 bits per heavy atom.